The van der Waals surface area contributed by atoms with Crippen molar-refractivity contribution in [1.82, 2.24) is 0 Å². The zero-order valence-electron chi connectivity index (χ0n) is 9.16. The third-order valence-corrected chi connectivity index (χ3v) is 2.26. The van der Waals surface area contributed by atoms with Crippen LogP contribution in [0.5, 0.6) is 0 Å². The van der Waals surface area contributed by atoms with E-state index in [2.05, 4.69) is 24.8 Å². The molecule has 2 N–H and O–H groups in total. The average Bonchev–Trinajstić information content (AvgIpc) is 2.18. The summed E-state index contributed by atoms with van der Waals surface area (Å²) in [5.74, 6) is 0. The number of anilines is 2. The zero-order chi connectivity index (χ0) is 10.4. The van der Waals surface area contributed by atoms with Gasteiger partial charge in [-0.15, -0.1) is 0 Å². The van der Waals surface area contributed by atoms with E-state index in [0.29, 0.717) is 0 Å². The van der Waals surface area contributed by atoms with Crippen LogP contribution in [0.25, 0.3) is 0 Å². The number of benzene rings is 1. The van der Waals surface area contributed by atoms with Crippen molar-refractivity contribution >= 4 is 11.4 Å². The monoisotopic (exact) mass is 192 g/mol. The van der Waals surface area contributed by atoms with E-state index in [9.17, 15) is 0 Å². The second-order valence-corrected chi connectivity index (χ2v) is 3.55. The molecular formula is C12H20N2. The summed E-state index contributed by atoms with van der Waals surface area (Å²) in [6.45, 7) is 6.56. The topological polar surface area (TPSA) is 29.3 Å². The molecule has 1 aromatic rings. The molecule has 0 aliphatic rings. The molecule has 0 saturated heterocycles. The van der Waals surface area contributed by atoms with Crippen LogP contribution < -0.4 is 10.6 Å². The molecule has 0 heterocycles. The fourth-order valence-corrected chi connectivity index (χ4v) is 1.67. The largest absolute Gasteiger partial charge is 0.397 e. The molecule has 14 heavy (non-hydrogen) atoms. The Labute approximate surface area is 86.7 Å². The summed E-state index contributed by atoms with van der Waals surface area (Å²) in [6, 6.07) is 8.09. The normalized spacial score (nSPS) is 10.1. The first kappa shape index (κ1) is 10.9. The lowest BCUT2D eigenvalue weighted by Gasteiger charge is -2.25. The van der Waals surface area contributed by atoms with Gasteiger partial charge in [0.05, 0.1) is 11.4 Å². The second-order valence-electron chi connectivity index (χ2n) is 3.55. The van der Waals surface area contributed by atoms with Gasteiger partial charge in [0.2, 0.25) is 0 Å². The van der Waals surface area contributed by atoms with Gasteiger partial charge in [0.1, 0.15) is 0 Å². The molecule has 0 amide bonds. The molecule has 0 aromatic heterocycles. The number of nitrogens with two attached hydrogens (primary N) is 1. The highest BCUT2D eigenvalue weighted by molar-refractivity contribution is 5.67. The van der Waals surface area contributed by atoms with Crippen LogP contribution in [0.2, 0.25) is 0 Å². The van der Waals surface area contributed by atoms with Crippen LogP contribution >= 0.6 is 0 Å². The third-order valence-electron chi connectivity index (χ3n) is 2.26. The van der Waals surface area contributed by atoms with Crippen LogP contribution in [0.1, 0.15) is 26.7 Å². The van der Waals surface area contributed by atoms with Gasteiger partial charge in [0, 0.05) is 13.1 Å². The molecule has 0 spiro atoms. The van der Waals surface area contributed by atoms with E-state index in [4.69, 9.17) is 5.73 Å². The van der Waals surface area contributed by atoms with Crippen LogP contribution in [0, 0.1) is 0 Å². The summed E-state index contributed by atoms with van der Waals surface area (Å²) in [4.78, 5) is 2.36. The van der Waals surface area contributed by atoms with Crippen molar-refractivity contribution in [3.63, 3.8) is 0 Å². The van der Waals surface area contributed by atoms with Crippen LogP contribution in [-0.4, -0.2) is 13.1 Å². The SMILES string of the molecule is CCCN(CCC)c1ccccc1N. The molecule has 1 aromatic carbocycles. The minimum absolute atomic E-state index is 0.884. The fourth-order valence-electron chi connectivity index (χ4n) is 1.67. The van der Waals surface area contributed by atoms with Gasteiger partial charge in [0.15, 0.2) is 0 Å². The summed E-state index contributed by atoms with van der Waals surface area (Å²) in [7, 11) is 0. The van der Waals surface area contributed by atoms with E-state index in [-0.39, 0.29) is 0 Å². The quantitative estimate of drug-likeness (QED) is 0.727. The van der Waals surface area contributed by atoms with E-state index < -0.39 is 0 Å². The van der Waals surface area contributed by atoms with E-state index in [0.717, 1.165) is 31.6 Å². The van der Waals surface area contributed by atoms with Gasteiger partial charge in [-0.2, -0.15) is 0 Å². The predicted octanol–water partition coefficient (Wildman–Crippen LogP) is 2.90. The lowest BCUT2D eigenvalue weighted by Crippen LogP contribution is -2.25. The minimum Gasteiger partial charge on any atom is -0.397 e. The first-order valence-corrected chi connectivity index (χ1v) is 5.39. The molecule has 0 atom stereocenters. The summed E-state index contributed by atoms with van der Waals surface area (Å²) in [6.07, 6.45) is 2.32. The minimum atomic E-state index is 0.884. The standard InChI is InChI=1S/C12H20N2/c1-3-9-14(10-4-2)12-8-6-5-7-11(12)13/h5-8H,3-4,9-10,13H2,1-2H3. The van der Waals surface area contributed by atoms with Crippen molar-refractivity contribution in [3.05, 3.63) is 24.3 Å². The Morgan fingerprint density at radius 1 is 1.07 bits per heavy atom. The molecule has 0 bridgehead atoms. The maximum absolute atomic E-state index is 5.94. The molecule has 0 unspecified atom stereocenters. The first-order valence-electron chi connectivity index (χ1n) is 5.39. The summed E-state index contributed by atoms with van der Waals surface area (Å²) >= 11 is 0. The highest BCUT2D eigenvalue weighted by Gasteiger charge is 2.06. The Morgan fingerprint density at radius 3 is 2.14 bits per heavy atom. The van der Waals surface area contributed by atoms with Crippen molar-refractivity contribution in [3.8, 4) is 0 Å². The number of rotatable bonds is 5. The van der Waals surface area contributed by atoms with Gasteiger partial charge in [-0.05, 0) is 25.0 Å². The van der Waals surface area contributed by atoms with Crippen molar-refractivity contribution in [1.29, 1.82) is 0 Å². The molecule has 0 aliphatic heterocycles. The van der Waals surface area contributed by atoms with Gasteiger partial charge >= 0.3 is 0 Å². The zero-order valence-corrected chi connectivity index (χ0v) is 9.16. The maximum Gasteiger partial charge on any atom is 0.0599 e. The van der Waals surface area contributed by atoms with Crippen molar-refractivity contribution in [2.24, 2.45) is 0 Å². The van der Waals surface area contributed by atoms with Gasteiger partial charge in [-0.3, -0.25) is 0 Å². The lowest BCUT2D eigenvalue weighted by molar-refractivity contribution is 0.746. The Hall–Kier alpha value is -1.18. The average molecular weight is 192 g/mol. The summed E-state index contributed by atoms with van der Waals surface area (Å²) < 4.78 is 0. The Balaban J connectivity index is 2.81. The van der Waals surface area contributed by atoms with Crippen molar-refractivity contribution in [2.45, 2.75) is 26.7 Å². The van der Waals surface area contributed by atoms with E-state index >= 15 is 0 Å². The molecule has 0 fully saturated rings. The van der Waals surface area contributed by atoms with Gasteiger partial charge in [0.25, 0.3) is 0 Å². The van der Waals surface area contributed by atoms with E-state index in [1.54, 1.807) is 0 Å². The number of para-hydroxylation sites is 2. The Morgan fingerprint density at radius 2 is 1.64 bits per heavy atom. The maximum atomic E-state index is 5.94. The number of nitrogen functional groups attached to an aromatic ring is 1. The number of nitrogens with zero attached hydrogens (tertiary/aromatic N) is 1. The molecule has 0 saturated carbocycles. The van der Waals surface area contributed by atoms with Crippen LogP contribution in [0.4, 0.5) is 11.4 Å². The number of hydrogen-bond donors (Lipinski definition) is 1. The predicted molar refractivity (Wildman–Crippen MR) is 63.6 cm³/mol. The van der Waals surface area contributed by atoms with Gasteiger partial charge in [-0.1, -0.05) is 26.0 Å². The molecule has 78 valence electrons. The van der Waals surface area contributed by atoms with Gasteiger partial charge < -0.3 is 10.6 Å². The number of hydrogen-bond acceptors (Lipinski definition) is 2. The van der Waals surface area contributed by atoms with Crippen molar-refractivity contribution in [2.75, 3.05) is 23.7 Å². The molecule has 1 rings (SSSR count). The second kappa shape index (κ2) is 5.53. The van der Waals surface area contributed by atoms with Crippen molar-refractivity contribution < 1.29 is 0 Å². The van der Waals surface area contributed by atoms with Crippen LogP contribution in [-0.2, 0) is 0 Å². The van der Waals surface area contributed by atoms with Gasteiger partial charge in [-0.25, -0.2) is 0 Å². The smallest absolute Gasteiger partial charge is 0.0599 e. The first-order chi connectivity index (χ1) is 6.79. The fraction of sp³-hybridized carbons (Fsp3) is 0.500. The Bertz CT molecular complexity index is 265. The van der Waals surface area contributed by atoms with E-state index in [1.807, 2.05) is 18.2 Å². The molecule has 0 aliphatic carbocycles. The summed E-state index contributed by atoms with van der Waals surface area (Å²) in [5, 5.41) is 0. The highest BCUT2D eigenvalue weighted by atomic mass is 15.1. The van der Waals surface area contributed by atoms with E-state index in [1.165, 1.54) is 5.69 Å². The molecule has 2 nitrogen and oxygen atoms in total. The lowest BCUT2D eigenvalue weighted by atomic mass is 10.2. The van der Waals surface area contributed by atoms with Crippen LogP contribution in [0.3, 0.4) is 0 Å². The third kappa shape index (κ3) is 2.66. The summed E-state index contributed by atoms with van der Waals surface area (Å²) in [5.41, 5.74) is 8.00. The molecule has 2 heteroatoms. The molecular weight excluding hydrogens is 172 g/mol. The highest BCUT2D eigenvalue weighted by Crippen LogP contribution is 2.22. The van der Waals surface area contributed by atoms with Crippen LogP contribution in [0.15, 0.2) is 24.3 Å². The molecule has 0 radical (unpaired) electrons. The Kier molecular flexibility index (Phi) is 4.30.